The van der Waals surface area contributed by atoms with Crippen molar-refractivity contribution in [2.24, 2.45) is 5.92 Å². The zero-order chi connectivity index (χ0) is 20.9. The Kier molecular flexibility index (Phi) is 6.77. The van der Waals surface area contributed by atoms with Gasteiger partial charge in [-0.2, -0.15) is 0 Å². The van der Waals surface area contributed by atoms with Gasteiger partial charge in [0.1, 0.15) is 0 Å². The first-order valence-electron chi connectivity index (χ1n) is 9.27. The van der Waals surface area contributed by atoms with Gasteiger partial charge in [-0.3, -0.25) is 19.7 Å². The van der Waals surface area contributed by atoms with E-state index in [1.165, 1.54) is 0 Å². The highest BCUT2D eigenvalue weighted by Gasteiger charge is 2.36. The van der Waals surface area contributed by atoms with Gasteiger partial charge in [-0.05, 0) is 44.9 Å². The molecule has 28 heavy (non-hydrogen) atoms. The Bertz CT molecular complexity index is 752. The van der Waals surface area contributed by atoms with Gasteiger partial charge in [-0.1, -0.05) is 19.1 Å². The molecule has 0 aliphatic carbocycles. The van der Waals surface area contributed by atoms with Crippen molar-refractivity contribution in [3.8, 4) is 0 Å². The molecule has 8 heteroatoms. The van der Waals surface area contributed by atoms with E-state index in [4.69, 9.17) is 4.74 Å². The van der Waals surface area contributed by atoms with Crippen LogP contribution in [0.4, 0.5) is 10.5 Å². The van der Waals surface area contributed by atoms with Crippen LogP contribution in [0.15, 0.2) is 24.3 Å². The summed E-state index contributed by atoms with van der Waals surface area (Å²) in [4.78, 5) is 49.4. The van der Waals surface area contributed by atoms with Gasteiger partial charge >= 0.3 is 12.0 Å². The fraction of sp³-hybridized carbons (Fsp3) is 0.500. The lowest BCUT2D eigenvalue weighted by Gasteiger charge is -2.20. The normalized spacial score (nSPS) is 16.6. The van der Waals surface area contributed by atoms with E-state index in [2.05, 4.69) is 10.6 Å². The van der Waals surface area contributed by atoms with Gasteiger partial charge < -0.3 is 15.0 Å². The molecule has 1 aromatic rings. The molecule has 0 radical (unpaired) electrons. The summed E-state index contributed by atoms with van der Waals surface area (Å²) in [6.45, 7) is 6.99. The third kappa shape index (κ3) is 6.07. The summed E-state index contributed by atoms with van der Waals surface area (Å²) in [5, 5.41) is 4.66. The molecule has 0 aromatic heterocycles. The van der Waals surface area contributed by atoms with E-state index in [-0.39, 0.29) is 18.9 Å². The molecule has 1 atom stereocenters. The molecule has 0 saturated carbocycles. The fourth-order valence-electron chi connectivity index (χ4n) is 2.82. The van der Waals surface area contributed by atoms with Gasteiger partial charge in [-0.25, -0.2) is 4.79 Å². The first-order valence-corrected chi connectivity index (χ1v) is 9.27. The maximum Gasteiger partial charge on any atom is 0.321 e. The average molecular weight is 389 g/mol. The molecule has 8 nitrogen and oxygen atoms in total. The number of aryl methyl sites for hydroxylation is 1. The van der Waals surface area contributed by atoms with E-state index in [1.807, 2.05) is 31.2 Å². The van der Waals surface area contributed by atoms with Crippen molar-refractivity contribution in [3.05, 3.63) is 29.8 Å². The molecular formula is C20H27N3O5. The zero-order valence-corrected chi connectivity index (χ0v) is 16.7. The molecule has 1 aliphatic rings. The third-order valence-electron chi connectivity index (χ3n) is 4.20. The standard InChI is InChI=1S/C20H27N3O5/c1-5-13-6-8-15(9-7-13)23-11-14(10-17(23)25)18(26)28-12-16(24)21-19(27)22-20(2,3)4/h6-9,14H,5,10-12H2,1-4H3,(H2,21,22,24,27)/t14-/m0/s1. The molecule has 1 aliphatic heterocycles. The number of hydrogen-bond acceptors (Lipinski definition) is 5. The maximum atomic E-state index is 12.2. The number of hydrogen-bond donors (Lipinski definition) is 2. The van der Waals surface area contributed by atoms with Crippen molar-refractivity contribution in [1.82, 2.24) is 10.6 Å². The Balaban J connectivity index is 1.83. The second kappa shape index (κ2) is 8.86. The van der Waals surface area contributed by atoms with Gasteiger partial charge in [0.2, 0.25) is 5.91 Å². The lowest BCUT2D eigenvalue weighted by atomic mass is 10.1. The predicted molar refractivity (Wildman–Crippen MR) is 104 cm³/mol. The lowest BCUT2D eigenvalue weighted by molar-refractivity contribution is -0.152. The molecule has 1 fully saturated rings. The summed E-state index contributed by atoms with van der Waals surface area (Å²) in [7, 11) is 0. The number of rotatable bonds is 5. The summed E-state index contributed by atoms with van der Waals surface area (Å²) < 4.78 is 4.98. The first kappa shape index (κ1) is 21.4. The highest BCUT2D eigenvalue weighted by atomic mass is 16.5. The molecule has 1 saturated heterocycles. The summed E-state index contributed by atoms with van der Waals surface area (Å²) >= 11 is 0. The predicted octanol–water partition coefficient (Wildman–Crippen LogP) is 1.77. The largest absolute Gasteiger partial charge is 0.455 e. The zero-order valence-electron chi connectivity index (χ0n) is 16.7. The average Bonchev–Trinajstić information content (AvgIpc) is 3.00. The minimum absolute atomic E-state index is 0.0283. The second-order valence-electron chi connectivity index (χ2n) is 7.79. The summed E-state index contributed by atoms with van der Waals surface area (Å²) in [6, 6.07) is 6.94. The van der Waals surface area contributed by atoms with Crippen molar-refractivity contribution >= 4 is 29.5 Å². The summed E-state index contributed by atoms with van der Waals surface area (Å²) in [6.07, 6.45) is 0.930. The van der Waals surface area contributed by atoms with Crippen LogP contribution < -0.4 is 15.5 Å². The monoisotopic (exact) mass is 389 g/mol. The Morgan fingerprint density at radius 1 is 1.18 bits per heavy atom. The number of anilines is 1. The van der Waals surface area contributed by atoms with Crippen LogP contribution in [0.2, 0.25) is 0 Å². The molecule has 1 aromatic carbocycles. The smallest absolute Gasteiger partial charge is 0.321 e. The van der Waals surface area contributed by atoms with E-state index in [1.54, 1.807) is 25.7 Å². The first-order chi connectivity index (χ1) is 13.1. The Morgan fingerprint density at radius 3 is 2.39 bits per heavy atom. The van der Waals surface area contributed by atoms with E-state index >= 15 is 0 Å². The van der Waals surface area contributed by atoms with E-state index in [0.717, 1.165) is 17.7 Å². The molecular weight excluding hydrogens is 362 g/mol. The minimum atomic E-state index is -0.730. The van der Waals surface area contributed by atoms with Crippen molar-refractivity contribution in [3.63, 3.8) is 0 Å². The number of ether oxygens (including phenoxy) is 1. The van der Waals surface area contributed by atoms with Gasteiger partial charge in [0.25, 0.3) is 5.91 Å². The SMILES string of the molecule is CCc1ccc(N2C[C@@H](C(=O)OCC(=O)NC(=O)NC(C)(C)C)CC2=O)cc1. The molecule has 0 bridgehead atoms. The van der Waals surface area contributed by atoms with Crippen molar-refractivity contribution in [2.45, 2.75) is 46.1 Å². The van der Waals surface area contributed by atoms with Crippen LogP contribution in [0.3, 0.4) is 0 Å². The van der Waals surface area contributed by atoms with Crippen LogP contribution in [-0.4, -0.2) is 42.5 Å². The Hall–Kier alpha value is -2.90. The van der Waals surface area contributed by atoms with Gasteiger partial charge in [0.05, 0.1) is 5.92 Å². The number of imide groups is 1. The van der Waals surface area contributed by atoms with Crippen LogP contribution in [0.5, 0.6) is 0 Å². The van der Waals surface area contributed by atoms with Crippen molar-refractivity contribution in [2.75, 3.05) is 18.1 Å². The topological polar surface area (TPSA) is 105 Å². The van der Waals surface area contributed by atoms with Crippen LogP contribution in [0, 0.1) is 5.92 Å². The van der Waals surface area contributed by atoms with Crippen LogP contribution in [0.1, 0.15) is 39.7 Å². The molecule has 4 amide bonds. The quantitative estimate of drug-likeness (QED) is 0.747. The highest BCUT2D eigenvalue weighted by molar-refractivity contribution is 6.00. The van der Waals surface area contributed by atoms with Crippen LogP contribution in [0.25, 0.3) is 0 Å². The third-order valence-corrected chi connectivity index (χ3v) is 4.20. The molecule has 2 rings (SSSR count). The van der Waals surface area contributed by atoms with Crippen LogP contribution in [-0.2, 0) is 25.5 Å². The molecule has 0 spiro atoms. The Morgan fingerprint density at radius 2 is 1.82 bits per heavy atom. The van der Waals surface area contributed by atoms with E-state index in [0.29, 0.717) is 0 Å². The Labute approximate surface area is 164 Å². The number of carbonyl (C=O) groups is 4. The lowest BCUT2D eigenvalue weighted by Crippen LogP contribution is -2.49. The molecule has 0 unspecified atom stereocenters. The fourth-order valence-corrected chi connectivity index (χ4v) is 2.82. The maximum absolute atomic E-state index is 12.2. The molecule has 152 valence electrons. The number of nitrogens with one attached hydrogen (secondary N) is 2. The number of benzene rings is 1. The number of esters is 1. The summed E-state index contributed by atoms with van der Waals surface area (Å²) in [5.41, 5.74) is 1.39. The van der Waals surface area contributed by atoms with Gasteiger partial charge in [-0.15, -0.1) is 0 Å². The van der Waals surface area contributed by atoms with Crippen molar-refractivity contribution < 1.29 is 23.9 Å². The highest BCUT2D eigenvalue weighted by Crippen LogP contribution is 2.26. The van der Waals surface area contributed by atoms with Crippen LogP contribution >= 0.6 is 0 Å². The van der Waals surface area contributed by atoms with Gasteiger partial charge in [0.15, 0.2) is 6.61 Å². The van der Waals surface area contributed by atoms with E-state index < -0.39 is 36.0 Å². The van der Waals surface area contributed by atoms with Crippen molar-refractivity contribution in [1.29, 1.82) is 0 Å². The number of nitrogens with zero attached hydrogens (tertiary/aromatic N) is 1. The molecule has 1 heterocycles. The molecule has 2 N–H and O–H groups in total. The number of carbonyl (C=O) groups excluding carboxylic acids is 4. The second-order valence-corrected chi connectivity index (χ2v) is 7.79. The van der Waals surface area contributed by atoms with E-state index in [9.17, 15) is 19.2 Å². The summed E-state index contributed by atoms with van der Waals surface area (Å²) in [5.74, 6) is -2.17. The number of urea groups is 1. The number of amides is 4. The minimum Gasteiger partial charge on any atom is -0.455 e. The van der Waals surface area contributed by atoms with Gasteiger partial charge in [0, 0.05) is 24.2 Å².